The first-order valence-electron chi connectivity index (χ1n) is 14.3. The van der Waals surface area contributed by atoms with Crippen LogP contribution >= 0.6 is 0 Å². The highest BCUT2D eigenvalue weighted by Crippen LogP contribution is 2.36. The quantitative estimate of drug-likeness (QED) is 0.289. The summed E-state index contributed by atoms with van der Waals surface area (Å²) < 4.78 is 16.9. The van der Waals surface area contributed by atoms with E-state index >= 15 is 0 Å². The van der Waals surface area contributed by atoms with Crippen LogP contribution in [0.1, 0.15) is 107 Å². The SMILES string of the molecule is CC.CCC.CCC(C)NC=O.CCC(CNC(=O)OC)c1nc2ccc(B3OC(C)(C)C(C)(C)O3)cc2[nH]1. The molecule has 1 saturated heterocycles. The van der Waals surface area contributed by atoms with Gasteiger partial charge < -0.3 is 29.7 Å². The van der Waals surface area contributed by atoms with E-state index in [1.807, 2.05) is 73.6 Å². The number of aromatic amines is 1. The number of hydrogen-bond acceptors (Lipinski definition) is 6. The van der Waals surface area contributed by atoms with Crippen LogP contribution in [0, 0.1) is 0 Å². The molecule has 10 heteroatoms. The number of amides is 2. The lowest BCUT2D eigenvalue weighted by Gasteiger charge is -2.32. The Morgan fingerprint density at radius 1 is 1.10 bits per heavy atom. The average Bonchev–Trinajstić information content (AvgIpc) is 3.42. The smallest absolute Gasteiger partial charge is 0.453 e. The second kappa shape index (κ2) is 17.9. The number of methoxy groups -OCH3 is 1. The first-order chi connectivity index (χ1) is 18.4. The van der Waals surface area contributed by atoms with E-state index in [1.54, 1.807) is 0 Å². The number of ether oxygens (including phenoxy) is 1. The number of nitrogens with zero attached hydrogens (tertiary/aromatic N) is 1. The molecule has 0 saturated carbocycles. The van der Waals surface area contributed by atoms with Crippen molar-refractivity contribution in [2.24, 2.45) is 0 Å². The summed E-state index contributed by atoms with van der Waals surface area (Å²) >= 11 is 0. The number of fused-ring (bicyclic) bond motifs is 1. The molecule has 2 unspecified atom stereocenters. The molecule has 0 spiro atoms. The molecule has 1 aliphatic rings. The van der Waals surface area contributed by atoms with Gasteiger partial charge in [-0.3, -0.25) is 4.79 Å². The van der Waals surface area contributed by atoms with Crippen molar-refractivity contribution in [3.8, 4) is 0 Å². The van der Waals surface area contributed by atoms with Crippen molar-refractivity contribution in [3.63, 3.8) is 0 Å². The number of hydrogen-bond donors (Lipinski definition) is 3. The molecule has 3 rings (SSSR count). The Labute approximate surface area is 236 Å². The van der Waals surface area contributed by atoms with Crippen LogP contribution < -0.4 is 16.1 Å². The van der Waals surface area contributed by atoms with E-state index in [-0.39, 0.29) is 17.1 Å². The van der Waals surface area contributed by atoms with Gasteiger partial charge in [0.25, 0.3) is 0 Å². The number of aromatic nitrogens is 2. The summed E-state index contributed by atoms with van der Waals surface area (Å²) in [5.74, 6) is 0.923. The average molecular weight is 549 g/mol. The molecular weight excluding hydrogens is 495 g/mol. The van der Waals surface area contributed by atoms with Crippen LogP contribution in [0.15, 0.2) is 18.2 Å². The zero-order valence-electron chi connectivity index (χ0n) is 26.4. The van der Waals surface area contributed by atoms with E-state index in [0.717, 1.165) is 41.6 Å². The van der Waals surface area contributed by atoms with E-state index in [4.69, 9.17) is 9.31 Å². The van der Waals surface area contributed by atoms with Gasteiger partial charge in [0.15, 0.2) is 0 Å². The predicted octanol–water partition coefficient (Wildman–Crippen LogP) is 5.69. The van der Waals surface area contributed by atoms with Gasteiger partial charge in [-0.1, -0.05) is 54.0 Å². The lowest BCUT2D eigenvalue weighted by atomic mass is 9.79. The van der Waals surface area contributed by atoms with Gasteiger partial charge in [-0.2, -0.15) is 0 Å². The molecule has 3 N–H and O–H groups in total. The number of carbonyl (C=O) groups is 2. The molecule has 0 radical (unpaired) electrons. The molecule has 222 valence electrons. The number of alkyl carbamates (subject to hydrolysis) is 1. The molecular formula is C29H53BN4O5. The zero-order valence-corrected chi connectivity index (χ0v) is 26.4. The summed E-state index contributed by atoms with van der Waals surface area (Å²) in [5, 5.41) is 5.35. The maximum atomic E-state index is 11.3. The van der Waals surface area contributed by atoms with Crippen molar-refractivity contribution in [2.45, 2.75) is 119 Å². The van der Waals surface area contributed by atoms with Crippen molar-refractivity contribution in [2.75, 3.05) is 13.7 Å². The topological polar surface area (TPSA) is 115 Å². The maximum Gasteiger partial charge on any atom is 0.494 e. The monoisotopic (exact) mass is 548 g/mol. The van der Waals surface area contributed by atoms with Gasteiger partial charge in [0.05, 0.1) is 29.3 Å². The molecule has 9 nitrogen and oxygen atoms in total. The van der Waals surface area contributed by atoms with Gasteiger partial charge in [0.2, 0.25) is 6.41 Å². The summed E-state index contributed by atoms with van der Waals surface area (Å²) in [7, 11) is 0.948. The minimum absolute atomic E-state index is 0.0804. The van der Waals surface area contributed by atoms with Gasteiger partial charge in [-0.05, 0) is 65.1 Å². The minimum atomic E-state index is -0.437. The Balaban J connectivity index is 0.00000102. The van der Waals surface area contributed by atoms with Gasteiger partial charge in [0, 0.05) is 18.5 Å². The molecule has 2 amide bonds. The second-order valence-electron chi connectivity index (χ2n) is 10.3. The minimum Gasteiger partial charge on any atom is -0.453 e. The molecule has 0 bridgehead atoms. The summed E-state index contributed by atoms with van der Waals surface area (Å²) in [6.45, 7) is 22.9. The molecule has 1 fully saturated rings. The van der Waals surface area contributed by atoms with Crippen LogP contribution in [0.3, 0.4) is 0 Å². The van der Waals surface area contributed by atoms with Crippen LogP contribution in [-0.4, -0.2) is 60.5 Å². The molecule has 1 aromatic carbocycles. The van der Waals surface area contributed by atoms with Crippen LogP contribution in [0.2, 0.25) is 0 Å². The molecule has 2 aromatic rings. The Morgan fingerprint density at radius 3 is 2.10 bits per heavy atom. The third kappa shape index (κ3) is 11.2. The third-order valence-electron chi connectivity index (χ3n) is 6.57. The van der Waals surface area contributed by atoms with Crippen molar-refractivity contribution in [1.82, 2.24) is 20.6 Å². The maximum absolute atomic E-state index is 11.3. The first kappa shape index (κ1) is 36.4. The number of rotatable bonds is 8. The number of H-pyrrole nitrogens is 1. The molecule has 1 aromatic heterocycles. The van der Waals surface area contributed by atoms with Gasteiger partial charge in [-0.15, -0.1) is 0 Å². The van der Waals surface area contributed by atoms with Crippen molar-refractivity contribution < 1.29 is 23.6 Å². The lowest BCUT2D eigenvalue weighted by molar-refractivity contribution is -0.110. The van der Waals surface area contributed by atoms with Gasteiger partial charge in [0.1, 0.15) is 5.82 Å². The fraction of sp³-hybridized carbons (Fsp3) is 0.690. The molecule has 39 heavy (non-hydrogen) atoms. The van der Waals surface area contributed by atoms with Crippen molar-refractivity contribution in [1.29, 1.82) is 0 Å². The van der Waals surface area contributed by atoms with Crippen molar-refractivity contribution >= 4 is 36.1 Å². The van der Waals surface area contributed by atoms with E-state index in [9.17, 15) is 9.59 Å². The summed E-state index contributed by atoms with van der Waals surface area (Å²) in [4.78, 5) is 29.1. The molecule has 2 heterocycles. The summed E-state index contributed by atoms with van der Waals surface area (Å²) in [6, 6.07) is 6.31. The standard InChI is InChI=1S/C19H28BN3O4.C5H11NO.C3H8.C2H6/c1-7-12(11-21-17(24)25-6)16-22-14-9-8-13(10-15(14)23-16)20-26-18(2,3)19(4,5)27-20;1-3-5(2)6-4-7;1-3-2;1-2/h8-10,12H,7,11H2,1-6H3,(H,21,24)(H,22,23);4-5H,3H2,1-2H3,(H,6,7);3H2,1-2H3;1-2H3. The van der Waals surface area contributed by atoms with E-state index in [0.29, 0.717) is 12.6 Å². The highest BCUT2D eigenvalue weighted by atomic mass is 16.7. The van der Waals surface area contributed by atoms with Crippen LogP contribution in [-0.2, 0) is 18.8 Å². The van der Waals surface area contributed by atoms with Crippen LogP contribution in [0.4, 0.5) is 4.79 Å². The molecule has 1 aliphatic heterocycles. The number of nitrogens with one attached hydrogen (secondary N) is 3. The first-order valence-corrected chi connectivity index (χ1v) is 14.3. The highest BCUT2D eigenvalue weighted by molar-refractivity contribution is 6.62. The number of imidazole rings is 1. The number of carbonyl (C=O) groups excluding carboxylic acids is 2. The zero-order chi connectivity index (χ0) is 30.2. The highest BCUT2D eigenvalue weighted by Gasteiger charge is 2.51. The van der Waals surface area contributed by atoms with Gasteiger partial charge >= 0.3 is 13.2 Å². The van der Waals surface area contributed by atoms with E-state index in [2.05, 4.69) is 46.1 Å². The van der Waals surface area contributed by atoms with Crippen LogP contribution in [0.25, 0.3) is 11.0 Å². The lowest BCUT2D eigenvalue weighted by Crippen LogP contribution is -2.41. The normalized spacial score (nSPS) is 16.3. The summed E-state index contributed by atoms with van der Waals surface area (Å²) in [6.07, 6.45) is 3.38. The Bertz CT molecular complexity index is 964. The number of benzene rings is 1. The van der Waals surface area contributed by atoms with E-state index in [1.165, 1.54) is 13.5 Å². The van der Waals surface area contributed by atoms with Crippen molar-refractivity contribution in [3.05, 3.63) is 24.0 Å². The Hall–Kier alpha value is -2.59. The summed E-state index contributed by atoms with van der Waals surface area (Å²) in [5.41, 5.74) is 2.00. The fourth-order valence-corrected chi connectivity index (χ4v) is 3.31. The van der Waals surface area contributed by atoms with Crippen LogP contribution in [0.5, 0.6) is 0 Å². The molecule has 0 aliphatic carbocycles. The van der Waals surface area contributed by atoms with E-state index < -0.39 is 13.2 Å². The Kier molecular flexibility index (Phi) is 16.7. The largest absolute Gasteiger partial charge is 0.494 e. The third-order valence-corrected chi connectivity index (χ3v) is 6.57. The molecule has 2 atom stereocenters. The Morgan fingerprint density at radius 2 is 1.67 bits per heavy atom. The predicted molar refractivity (Wildman–Crippen MR) is 162 cm³/mol. The second-order valence-corrected chi connectivity index (χ2v) is 10.3. The fourth-order valence-electron chi connectivity index (χ4n) is 3.31. The van der Waals surface area contributed by atoms with Gasteiger partial charge in [-0.25, -0.2) is 9.78 Å².